The molecule has 0 fully saturated rings. The minimum atomic E-state index is -1.10. The number of benzene rings is 1. The topological polar surface area (TPSA) is 99.9 Å². The lowest BCUT2D eigenvalue weighted by atomic mass is 10.1. The highest BCUT2D eigenvalue weighted by Gasteiger charge is 2.33. The number of Topliss-reactive ketones (excluding diaryl/α,β-unsaturated/α-hetero) is 1. The largest absolute Gasteiger partial charge is 0.465 e. The van der Waals surface area contributed by atoms with Crippen LogP contribution in [0.1, 0.15) is 23.5 Å². The Hall–Kier alpha value is -2.65. The molecule has 1 aromatic carbocycles. The molecule has 3 rings (SSSR count). The van der Waals surface area contributed by atoms with Gasteiger partial charge in [-0.15, -0.1) is 21.5 Å². The molecule has 0 aliphatic carbocycles. The number of halogens is 1. The monoisotopic (exact) mass is 405 g/mol. The standard InChI is InChI=1S/C17H16ClN5O3S/c1-3-26-17(25)14(16-19-10(2)9-27-16)13(24)8-23-21-15(20-22-23)11-4-6-12(18)7-5-11/h4-7,9,14H,3,8H2,1-2H3/t14-/m0/s1. The number of tetrazole rings is 1. The van der Waals surface area contributed by atoms with Gasteiger partial charge >= 0.3 is 5.97 Å². The van der Waals surface area contributed by atoms with E-state index in [-0.39, 0.29) is 13.2 Å². The summed E-state index contributed by atoms with van der Waals surface area (Å²) in [4.78, 5) is 30.4. The number of aromatic nitrogens is 5. The van der Waals surface area contributed by atoms with Crippen LogP contribution in [0, 0.1) is 6.92 Å². The first-order valence-corrected chi connectivity index (χ1v) is 9.38. The van der Waals surface area contributed by atoms with Crippen molar-refractivity contribution >= 4 is 34.7 Å². The zero-order valence-electron chi connectivity index (χ0n) is 14.6. The van der Waals surface area contributed by atoms with Crippen LogP contribution in [-0.4, -0.2) is 43.6 Å². The summed E-state index contributed by atoms with van der Waals surface area (Å²) in [5, 5.41) is 14.8. The summed E-state index contributed by atoms with van der Waals surface area (Å²) in [7, 11) is 0. The first-order valence-electron chi connectivity index (χ1n) is 8.13. The van der Waals surface area contributed by atoms with Gasteiger partial charge in [0.15, 0.2) is 11.7 Å². The summed E-state index contributed by atoms with van der Waals surface area (Å²) in [6.07, 6.45) is 0. The van der Waals surface area contributed by atoms with Crippen LogP contribution < -0.4 is 0 Å². The van der Waals surface area contributed by atoms with Crippen LogP contribution in [0.15, 0.2) is 29.6 Å². The molecule has 140 valence electrons. The Morgan fingerprint density at radius 1 is 1.30 bits per heavy atom. The number of carbonyl (C=O) groups excluding carboxylic acids is 2. The molecular weight excluding hydrogens is 390 g/mol. The molecule has 2 heterocycles. The van der Waals surface area contributed by atoms with E-state index < -0.39 is 17.7 Å². The van der Waals surface area contributed by atoms with Gasteiger partial charge in [0.25, 0.3) is 0 Å². The summed E-state index contributed by atoms with van der Waals surface area (Å²) >= 11 is 7.11. The van der Waals surface area contributed by atoms with E-state index in [1.165, 1.54) is 11.3 Å². The van der Waals surface area contributed by atoms with E-state index in [1.54, 1.807) is 43.5 Å². The first kappa shape index (κ1) is 19.1. The van der Waals surface area contributed by atoms with Gasteiger partial charge in [-0.05, 0) is 43.3 Å². The Balaban J connectivity index is 1.79. The number of nitrogens with zero attached hydrogens (tertiary/aromatic N) is 5. The van der Waals surface area contributed by atoms with E-state index in [1.807, 2.05) is 0 Å². The van der Waals surface area contributed by atoms with Crippen molar-refractivity contribution in [3.63, 3.8) is 0 Å². The number of aryl methyl sites for hydroxylation is 1. The number of ketones is 1. The number of rotatable bonds is 7. The van der Waals surface area contributed by atoms with Crippen LogP contribution in [0.3, 0.4) is 0 Å². The summed E-state index contributed by atoms with van der Waals surface area (Å²) in [5.74, 6) is -1.79. The number of hydrogen-bond acceptors (Lipinski definition) is 8. The van der Waals surface area contributed by atoms with Crippen molar-refractivity contribution in [1.29, 1.82) is 0 Å². The van der Waals surface area contributed by atoms with Gasteiger partial charge < -0.3 is 4.74 Å². The summed E-state index contributed by atoms with van der Waals surface area (Å²) < 4.78 is 5.04. The second kappa shape index (κ2) is 8.36. The van der Waals surface area contributed by atoms with E-state index in [2.05, 4.69) is 20.4 Å². The number of esters is 1. The molecular formula is C17H16ClN5O3S. The predicted molar refractivity (Wildman–Crippen MR) is 99.5 cm³/mol. The van der Waals surface area contributed by atoms with Gasteiger partial charge in [-0.25, -0.2) is 4.98 Å². The van der Waals surface area contributed by atoms with Gasteiger partial charge in [-0.1, -0.05) is 11.6 Å². The third-order valence-corrected chi connectivity index (χ3v) is 4.86. The Kier molecular flexibility index (Phi) is 5.92. The Morgan fingerprint density at radius 2 is 2.04 bits per heavy atom. The fourth-order valence-corrected chi connectivity index (χ4v) is 3.39. The highest BCUT2D eigenvalue weighted by atomic mass is 35.5. The van der Waals surface area contributed by atoms with Crippen LogP contribution in [0.5, 0.6) is 0 Å². The maximum absolute atomic E-state index is 12.7. The van der Waals surface area contributed by atoms with Gasteiger partial charge in [0, 0.05) is 21.7 Å². The molecule has 0 aliphatic heterocycles. The SMILES string of the molecule is CCOC(=O)[C@@H](C(=O)Cn1nnc(-c2ccc(Cl)cc2)n1)c1nc(C)cs1. The molecule has 0 N–H and O–H groups in total. The van der Waals surface area contributed by atoms with E-state index in [4.69, 9.17) is 16.3 Å². The van der Waals surface area contributed by atoms with Gasteiger partial charge in [-0.3, -0.25) is 9.59 Å². The van der Waals surface area contributed by atoms with Crippen LogP contribution >= 0.6 is 22.9 Å². The van der Waals surface area contributed by atoms with Crippen molar-refractivity contribution in [3.8, 4) is 11.4 Å². The van der Waals surface area contributed by atoms with E-state index in [9.17, 15) is 9.59 Å². The number of ether oxygens (including phenoxy) is 1. The van der Waals surface area contributed by atoms with E-state index in [0.717, 1.165) is 16.1 Å². The number of thiazole rings is 1. The average molecular weight is 406 g/mol. The van der Waals surface area contributed by atoms with Gasteiger partial charge in [0.2, 0.25) is 5.82 Å². The zero-order chi connectivity index (χ0) is 19.4. The third-order valence-electron chi connectivity index (χ3n) is 3.58. The summed E-state index contributed by atoms with van der Waals surface area (Å²) in [6, 6.07) is 6.94. The first-order chi connectivity index (χ1) is 13.0. The zero-order valence-corrected chi connectivity index (χ0v) is 16.2. The highest BCUT2D eigenvalue weighted by Crippen LogP contribution is 2.24. The van der Waals surface area contributed by atoms with Crippen molar-refractivity contribution in [1.82, 2.24) is 25.2 Å². The van der Waals surface area contributed by atoms with Crippen molar-refractivity contribution < 1.29 is 14.3 Å². The molecule has 0 unspecified atom stereocenters. The molecule has 0 amide bonds. The van der Waals surface area contributed by atoms with Crippen LogP contribution in [0.2, 0.25) is 5.02 Å². The lowest BCUT2D eigenvalue weighted by Crippen LogP contribution is -2.28. The highest BCUT2D eigenvalue weighted by molar-refractivity contribution is 7.10. The van der Waals surface area contributed by atoms with Crippen LogP contribution in [0.25, 0.3) is 11.4 Å². The molecule has 8 nitrogen and oxygen atoms in total. The molecule has 10 heteroatoms. The summed E-state index contributed by atoms with van der Waals surface area (Å²) in [5.41, 5.74) is 1.46. The van der Waals surface area contributed by atoms with Gasteiger partial charge in [-0.2, -0.15) is 4.80 Å². The average Bonchev–Trinajstić information content (AvgIpc) is 3.25. The fraction of sp³-hybridized carbons (Fsp3) is 0.294. The molecule has 0 bridgehead atoms. The van der Waals surface area contributed by atoms with Gasteiger partial charge in [0.1, 0.15) is 11.6 Å². The van der Waals surface area contributed by atoms with Crippen molar-refractivity contribution in [3.05, 3.63) is 45.4 Å². The Morgan fingerprint density at radius 3 is 2.67 bits per heavy atom. The molecule has 0 saturated heterocycles. The minimum absolute atomic E-state index is 0.176. The Labute approximate surface area is 164 Å². The van der Waals surface area contributed by atoms with Gasteiger partial charge in [0.05, 0.1) is 6.61 Å². The predicted octanol–water partition coefficient (Wildman–Crippen LogP) is 2.67. The maximum atomic E-state index is 12.7. The lowest BCUT2D eigenvalue weighted by Gasteiger charge is -2.11. The quantitative estimate of drug-likeness (QED) is 0.440. The normalized spacial score (nSPS) is 12.0. The second-order valence-corrected chi connectivity index (χ2v) is 6.95. The molecule has 0 saturated carbocycles. The third kappa shape index (κ3) is 4.55. The van der Waals surface area contributed by atoms with Crippen LogP contribution in [0.4, 0.5) is 0 Å². The van der Waals surface area contributed by atoms with Crippen molar-refractivity contribution in [2.45, 2.75) is 26.3 Å². The number of hydrogen-bond donors (Lipinski definition) is 0. The minimum Gasteiger partial charge on any atom is -0.465 e. The molecule has 27 heavy (non-hydrogen) atoms. The molecule has 0 spiro atoms. The van der Waals surface area contributed by atoms with Crippen molar-refractivity contribution in [2.24, 2.45) is 0 Å². The molecule has 0 aliphatic rings. The Bertz CT molecular complexity index is 954. The molecule has 0 radical (unpaired) electrons. The molecule has 1 atom stereocenters. The van der Waals surface area contributed by atoms with E-state index in [0.29, 0.717) is 15.9 Å². The smallest absolute Gasteiger partial charge is 0.323 e. The summed E-state index contributed by atoms with van der Waals surface area (Å²) in [6.45, 7) is 3.44. The molecule has 3 aromatic rings. The molecule has 2 aromatic heterocycles. The van der Waals surface area contributed by atoms with Crippen molar-refractivity contribution in [2.75, 3.05) is 6.61 Å². The number of carbonyl (C=O) groups is 2. The van der Waals surface area contributed by atoms with E-state index >= 15 is 0 Å². The maximum Gasteiger partial charge on any atom is 0.323 e. The fourth-order valence-electron chi connectivity index (χ4n) is 2.36. The lowest BCUT2D eigenvalue weighted by molar-refractivity contribution is -0.148. The van der Waals surface area contributed by atoms with Crippen LogP contribution in [-0.2, 0) is 20.9 Å². The second-order valence-electron chi connectivity index (χ2n) is 5.63.